The van der Waals surface area contributed by atoms with Crippen LogP contribution < -0.4 is 5.32 Å². The summed E-state index contributed by atoms with van der Waals surface area (Å²) in [4.78, 5) is 11.7. The second kappa shape index (κ2) is 8.59. The van der Waals surface area contributed by atoms with E-state index >= 15 is 0 Å². The van der Waals surface area contributed by atoms with Gasteiger partial charge in [0.2, 0.25) is 0 Å². The van der Waals surface area contributed by atoms with Crippen molar-refractivity contribution >= 4 is 22.0 Å². The number of alkyl carbamates (subject to hydrolysis) is 1. The van der Waals surface area contributed by atoms with Crippen LogP contribution in [0.3, 0.4) is 0 Å². The summed E-state index contributed by atoms with van der Waals surface area (Å²) in [7, 11) is 0. The van der Waals surface area contributed by atoms with Crippen molar-refractivity contribution in [2.24, 2.45) is 5.92 Å². The quantitative estimate of drug-likeness (QED) is 0.779. The van der Waals surface area contributed by atoms with Crippen LogP contribution in [0.4, 0.5) is 4.79 Å². The Hall–Kier alpha value is -0.550. The van der Waals surface area contributed by atoms with Gasteiger partial charge in [0.25, 0.3) is 0 Å². The van der Waals surface area contributed by atoms with Crippen LogP contribution >= 0.6 is 15.9 Å². The summed E-state index contributed by atoms with van der Waals surface area (Å²) in [6.07, 6.45) is 3.15. The molecule has 0 rings (SSSR count). The molecule has 5 heteroatoms. The maximum Gasteiger partial charge on any atom is 0.407 e. The van der Waals surface area contributed by atoms with Gasteiger partial charge in [-0.05, 0) is 39.5 Å². The molecule has 1 atom stereocenters. The minimum absolute atomic E-state index is 0.00579. The van der Waals surface area contributed by atoms with Gasteiger partial charge in [-0.2, -0.15) is 0 Å². The Bertz CT molecular complexity index is 308. The molecule has 1 amide bonds. The summed E-state index contributed by atoms with van der Waals surface area (Å²) in [5, 5.41) is 11.8. The SMILES string of the molecule is CC(C)[C@@H](CC/C=C(\Br)CO)NC(=O)OC(C)(C)C. The maximum absolute atomic E-state index is 11.7. The lowest BCUT2D eigenvalue weighted by Gasteiger charge is -2.25. The molecule has 0 saturated carbocycles. The van der Waals surface area contributed by atoms with Crippen molar-refractivity contribution in [1.82, 2.24) is 5.32 Å². The fourth-order valence-corrected chi connectivity index (χ4v) is 1.74. The molecule has 0 unspecified atom stereocenters. The number of rotatable bonds is 6. The molecule has 112 valence electrons. The largest absolute Gasteiger partial charge is 0.444 e. The molecule has 19 heavy (non-hydrogen) atoms. The Morgan fingerprint density at radius 1 is 1.42 bits per heavy atom. The average Bonchev–Trinajstić information content (AvgIpc) is 2.24. The molecule has 0 aliphatic carbocycles. The lowest BCUT2D eigenvalue weighted by atomic mass is 9.99. The zero-order valence-corrected chi connectivity index (χ0v) is 14.1. The predicted octanol–water partition coefficient (Wildman–Crippen LogP) is 3.59. The molecule has 0 aliphatic heterocycles. The summed E-state index contributed by atoms with van der Waals surface area (Å²) < 4.78 is 6.02. The van der Waals surface area contributed by atoms with Gasteiger partial charge in [-0.15, -0.1) is 0 Å². The fraction of sp³-hybridized carbons (Fsp3) is 0.786. The number of hydrogen-bond donors (Lipinski definition) is 2. The van der Waals surface area contributed by atoms with Gasteiger partial charge in [-0.3, -0.25) is 0 Å². The van der Waals surface area contributed by atoms with Crippen LogP contribution in [-0.4, -0.2) is 29.4 Å². The minimum Gasteiger partial charge on any atom is -0.444 e. The Morgan fingerprint density at radius 2 is 2.00 bits per heavy atom. The Kier molecular flexibility index (Phi) is 8.34. The first-order valence-corrected chi connectivity index (χ1v) is 7.40. The van der Waals surface area contributed by atoms with Crippen molar-refractivity contribution in [2.45, 2.75) is 59.1 Å². The molecule has 0 spiro atoms. The number of amides is 1. The number of nitrogens with one attached hydrogen (secondary N) is 1. The zero-order valence-electron chi connectivity index (χ0n) is 12.5. The standard InChI is InChI=1S/C14H26BrNO3/c1-10(2)12(8-6-7-11(15)9-17)16-13(18)19-14(3,4)5/h7,10,12,17H,6,8-9H2,1-5H3,(H,16,18)/b11-7-/t12-/m1/s1. The van der Waals surface area contributed by atoms with Crippen molar-refractivity contribution in [3.05, 3.63) is 10.6 Å². The third-order valence-corrected chi connectivity index (χ3v) is 3.08. The molecule has 4 nitrogen and oxygen atoms in total. The van der Waals surface area contributed by atoms with Crippen LogP contribution in [0.5, 0.6) is 0 Å². The summed E-state index contributed by atoms with van der Waals surface area (Å²) in [6, 6.07) is 0.0603. The van der Waals surface area contributed by atoms with E-state index in [1.165, 1.54) is 0 Å². The van der Waals surface area contributed by atoms with Crippen molar-refractivity contribution < 1.29 is 14.6 Å². The highest BCUT2D eigenvalue weighted by Gasteiger charge is 2.20. The third-order valence-electron chi connectivity index (χ3n) is 2.50. The molecule has 0 aliphatic rings. The van der Waals surface area contributed by atoms with Crippen LogP contribution in [-0.2, 0) is 4.74 Å². The molecule has 0 fully saturated rings. The summed E-state index contributed by atoms with van der Waals surface area (Å²) in [6.45, 7) is 9.67. The Labute approximate surface area is 124 Å². The van der Waals surface area contributed by atoms with Crippen LogP contribution in [0.1, 0.15) is 47.5 Å². The number of halogens is 1. The summed E-state index contributed by atoms with van der Waals surface area (Å²) >= 11 is 3.25. The lowest BCUT2D eigenvalue weighted by molar-refractivity contribution is 0.0487. The Balaban J connectivity index is 4.31. The monoisotopic (exact) mass is 335 g/mol. The number of aliphatic hydroxyl groups excluding tert-OH is 1. The van der Waals surface area contributed by atoms with E-state index in [0.717, 1.165) is 17.3 Å². The van der Waals surface area contributed by atoms with Gasteiger partial charge in [-0.1, -0.05) is 35.9 Å². The predicted molar refractivity (Wildman–Crippen MR) is 81.3 cm³/mol. The lowest BCUT2D eigenvalue weighted by Crippen LogP contribution is -2.41. The first-order chi connectivity index (χ1) is 8.65. The van der Waals surface area contributed by atoms with E-state index in [-0.39, 0.29) is 18.7 Å². The van der Waals surface area contributed by atoms with Gasteiger partial charge in [0, 0.05) is 10.5 Å². The maximum atomic E-state index is 11.7. The van der Waals surface area contributed by atoms with E-state index < -0.39 is 5.60 Å². The van der Waals surface area contributed by atoms with Gasteiger partial charge in [-0.25, -0.2) is 4.79 Å². The van der Waals surface area contributed by atoms with Gasteiger partial charge in [0.1, 0.15) is 5.60 Å². The second-order valence-electron chi connectivity index (χ2n) is 5.88. The van der Waals surface area contributed by atoms with E-state index in [9.17, 15) is 4.79 Å². The van der Waals surface area contributed by atoms with E-state index in [1.807, 2.05) is 26.8 Å². The molecule has 0 saturated heterocycles. The molecule has 0 aromatic heterocycles. The smallest absolute Gasteiger partial charge is 0.407 e. The number of carbonyl (C=O) groups excluding carboxylic acids is 1. The highest BCUT2D eigenvalue weighted by atomic mass is 79.9. The molecule has 0 aromatic rings. The number of carbonyl (C=O) groups is 1. The van der Waals surface area contributed by atoms with E-state index in [4.69, 9.17) is 9.84 Å². The minimum atomic E-state index is -0.481. The van der Waals surface area contributed by atoms with Crippen molar-refractivity contribution in [2.75, 3.05) is 6.61 Å². The molecule has 0 aromatic carbocycles. The van der Waals surface area contributed by atoms with Crippen LogP contribution in [0, 0.1) is 5.92 Å². The molecular formula is C14H26BrNO3. The summed E-state index contributed by atoms with van der Waals surface area (Å²) in [5.74, 6) is 0.328. The average molecular weight is 336 g/mol. The van der Waals surface area contributed by atoms with Crippen LogP contribution in [0.25, 0.3) is 0 Å². The molecule has 0 bridgehead atoms. The van der Waals surface area contributed by atoms with Gasteiger partial charge >= 0.3 is 6.09 Å². The van der Waals surface area contributed by atoms with Gasteiger partial charge < -0.3 is 15.2 Å². The van der Waals surface area contributed by atoms with Crippen LogP contribution in [0.15, 0.2) is 10.6 Å². The first-order valence-electron chi connectivity index (χ1n) is 6.60. The second-order valence-corrected chi connectivity index (χ2v) is 6.90. The number of allylic oxidation sites excluding steroid dienone is 1. The zero-order chi connectivity index (χ0) is 15.1. The topological polar surface area (TPSA) is 58.6 Å². The van der Waals surface area contributed by atoms with Crippen molar-refractivity contribution in [3.8, 4) is 0 Å². The molecular weight excluding hydrogens is 310 g/mol. The van der Waals surface area contributed by atoms with Crippen molar-refractivity contribution in [1.29, 1.82) is 0 Å². The van der Waals surface area contributed by atoms with E-state index in [0.29, 0.717) is 5.92 Å². The summed E-state index contributed by atoms with van der Waals surface area (Å²) in [5.41, 5.74) is -0.481. The van der Waals surface area contributed by atoms with Gasteiger partial charge in [0.15, 0.2) is 0 Å². The molecule has 0 radical (unpaired) electrons. The highest BCUT2D eigenvalue weighted by molar-refractivity contribution is 9.11. The first kappa shape index (κ1) is 18.4. The van der Waals surface area contributed by atoms with Crippen molar-refractivity contribution in [3.63, 3.8) is 0 Å². The molecule has 0 heterocycles. The number of ether oxygens (including phenoxy) is 1. The number of hydrogen-bond acceptors (Lipinski definition) is 3. The number of aliphatic hydroxyl groups is 1. The fourth-order valence-electron chi connectivity index (χ4n) is 1.52. The molecule has 2 N–H and O–H groups in total. The third kappa shape index (κ3) is 9.96. The highest BCUT2D eigenvalue weighted by Crippen LogP contribution is 2.14. The van der Waals surface area contributed by atoms with Gasteiger partial charge in [0.05, 0.1) is 6.61 Å². The van der Waals surface area contributed by atoms with E-state index in [2.05, 4.69) is 35.1 Å². The Morgan fingerprint density at radius 3 is 2.42 bits per heavy atom. The normalized spacial score (nSPS) is 14.4. The van der Waals surface area contributed by atoms with E-state index in [1.54, 1.807) is 0 Å². The van der Waals surface area contributed by atoms with Crippen LogP contribution in [0.2, 0.25) is 0 Å².